The Balaban J connectivity index is 1.32. The van der Waals surface area contributed by atoms with Crippen molar-refractivity contribution in [3.8, 4) is 0 Å². The Kier molecular flexibility index (Phi) is 5.70. The minimum atomic E-state index is -0.944. The highest BCUT2D eigenvalue weighted by Crippen LogP contribution is 2.36. The predicted molar refractivity (Wildman–Crippen MR) is 122 cm³/mol. The Labute approximate surface area is 193 Å². The molecular weight excluding hydrogens is 422 g/mol. The van der Waals surface area contributed by atoms with Crippen molar-refractivity contribution >= 4 is 29.3 Å². The first-order valence-corrected chi connectivity index (χ1v) is 11.9. The molecule has 4 aliphatic rings. The van der Waals surface area contributed by atoms with Gasteiger partial charge < -0.3 is 15.5 Å². The van der Waals surface area contributed by atoms with Gasteiger partial charge in [-0.05, 0) is 57.7 Å². The summed E-state index contributed by atoms with van der Waals surface area (Å²) in [7, 11) is 2.20. The highest BCUT2D eigenvalue weighted by molar-refractivity contribution is 6.25. The second kappa shape index (κ2) is 8.53. The van der Waals surface area contributed by atoms with Crippen molar-refractivity contribution in [2.45, 2.75) is 69.1 Å². The Morgan fingerprint density at radius 1 is 0.970 bits per heavy atom. The van der Waals surface area contributed by atoms with E-state index in [1.54, 1.807) is 12.1 Å². The molecule has 2 saturated heterocycles. The quantitative estimate of drug-likeness (QED) is 0.650. The number of hydrogen-bond acceptors (Lipinski definition) is 7. The normalized spacial score (nSPS) is 28.6. The van der Waals surface area contributed by atoms with E-state index in [0.29, 0.717) is 29.3 Å². The summed E-state index contributed by atoms with van der Waals surface area (Å²) in [6.45, 7) is 1.59. The number of fused-ring (bicyclic) bond motifs is 1. The van der Waals surface area contributed by atoms with E-state index >= 15 is 0 Å². The fourth-order valence-corrected chi connectivity index (χ4v) is 5.93. The summed E-state index contributed by atoms with van der Waals surface area (Å²) in [6, 6.07) is 5.71. The van der Waals surface area contributed by atoms with Crippen LogP contribution >= 0.6 is 0 Å². The lowest BCUT2D eigenvalue weighted by Crippen LogP contribution is -2.54. The molecule has 1 saturated carbocycles. The highest BCUT2D eigenvalue weighted by Gasteiger charge is 2.46. The average molecular weight is 454 g/mol. The molecule has 0 aromatic heterocycles. The molecule has 1 aromatic rings. The van der Waals surface area contributed by atoms with Gasteiger partial charge in [0.25, 0.3) is 11.8 Å². The summed E-state index contributed by atoms with van der Waals surface area (Å²) in [4.78, 5) is 56.0. The van der Waals surface area contributed by atoms with E-state index in [1.807, 2.05) is 6.07 Å². The lowest BCUT2D eigenvalue weighted by Gasteiger charge is -2.40. The van der Waals surface area contributed by atoms with Gasteiger partial charge in [0.2, 0.25) is 11.8 Å². The highest BCUT2D eigenvalue weighted by atomic mass is 16.2. The Bertz CT molecular complexity index is 1000. The lowest BCUT2D eigenvalue weighted by atomic mass is 9.99. The van der Waals surface area contributed by atoms with Gasteiger partial charge in [0.15, 0.2) is 0 Å². The largest absolute Gasteiger partial charge is 0.371 e. The van der Waals surface area contributed by atoms with Crippen molar-refractivity contribution < 1.29 is 19.2 Å². The summed E-state index contributed by atoms with van der Waals surface area (Å²) in [5.41, 5.74) is 7.57. The molecule has 3 atom stereocenters. The van der Waals surface area contributed by atoms with Gasteiger partial charge in [-0.2, -0.15) is 0 Å². The number of benzene rings is 1. The van der Waals surface area contributed by atoms with Crippen LogP contribution in [0.2, 0.25) is 0 Å². The smallest absolute Gasteiger partial charge is 0.264 e. The van der Waals surface area contributed by atoms with Gasteiger partial charge in [-0.15, -0.1) is 0 Å². The van der Waals surface area contributed by atoms with E-state index < -0.39 is 23.8 Å². The van der Waals surface area contributed by atoms with E-state index in [9.17, 15) is 19.2 Å². The molecule has 1 aromatic carbocycles. The maximum absolute atomic E-state index is 13.4. The molecule has 3 unspecified atom stereocenters. The van der Waals surface area contributed by atoms with E-state index in [0.717, 1.165) is 55.8 Å². The standard InChI is InChI=1S/C24H31N5O4/c1-27(16-6-5-14(25)13-16)15-9-11-28(12-10-15)18-4-2-3-17-21(18)24(33)29(23(17)32)19-7-8-20(30)26-22(19)31/h2-4,14-16,19H,5-13,25H2,1H3,(H,26,30,31). The third-order valence-corrected chi connectivity index (χ3v) is 7.85. The van der Waals surface area contributed by atoms with Crippen molar-refractivity contribution in [1.29, 1.82) is 0 Å². The fraction of sp³-hybridized carbons (Fsp3) is 0.583. The maximum atomic E-state index is 13.4. The first-order chi connectivity index (χ1) is 15.8. The molecule has 5 rings (SSSR count). The van der Waals surface area contributed by atoms with Gasteiger partial charge in [0, 0.05) is 37.6 Å². The van der Waals surface area contributed by atoms with Gasteiger partial charge in [0.05, 0.1) is 16.8 Å². The maximum Gasteiger partial charge on any atom is 0.264 e. The Hall–Kier alpha value is -2.78. The number of carbonyl (C=O) groups excluding carboxylic acids is 4. The molecule has 176 valence electrons. The Morgan fingerprint density at radius 3 is 2.39 bits per heavy atom. The van der Waals surface area contributed by atoms with Crippen LogP contribution in [-0.2, 0) is 9.59 Å². The van der Waals surface area contributed by atoms with E-state index in [2.05, 4.69) is 22.2 Å². The summed E-state index contributed by atoms with van der Waals surface area (Å²) >= 11 is 0. The first-order valence-electron chi connectivity index (χ1n) is 11.9. The number of nitrogens with zero attached hydrogens (tertiary/aromatic N) is 3. The zero-order chi connectivity index (χ0) is 23.3. The number of nitrogens with one attached hydrogen (secondary N) is 1. The molecule has 3 aliphatic heterocycles. The van der Waals surface area contributed by atoms with Gasteiger partial charge >= 0.3 is 0 Å². The molecular formula is C24H31N5O4. The lowest BCUT2D eigenvalue weighted by molar-refractivity contribution is -0.136. The summed E-state index contributed by atoms with van der Waals surface area (Å²) in [5, 5.41) is 2.25. The van der Waals surface area contributed by atoms with Crippen molar-refractivity contribution in [3.05, 3.63) is 29.3 Å². The van der Waals surface area contributed by atoms with E-state index in [-0.39, 0.29) is 18.7 Å². The third kappa shape index (κ3) is 3.83. The van der Waals surface area contributed by atoms with Crippen molar-refractivity contribution in [2.24, 2.45) is 5.73 Å². The zero-order valence-corrected chi connectivity index (χ0v) is 19.0. The third-order valence-electron chi connectivity index (χ3n) is 7.85. The van der Waals surface area contributed by atoms with Crippen LogP contribution in [0.5, 0.6) is 0 Å². The second-order valence-electron chi connectivity index (χ2n) is 9.76. The molecule has 3 N–H and O–H groups in total. The predicted octanol–water partition coefficient (Wildman–Crippen LogP) is 0.868. The number of amides is 4. The Morgan fingerprint density at radius 2 is 1.73 bits per heavy atom. The second-order valence-corrected chi connectivity index (χ2v) is 9.76. The first kappa shape index (κ1) is 22.0. The van der Waals surface area contributed by atoms with Crippen LogP contribution in [0.4, 0.5) is 5.69 Å². The molecule has 9 heteroatoms. The minimum Gasteiger partial charge on any atom is -0.371 e. The molecule has 0 spiro atoms. The van der Waals surface area contributed by atoms with Gasteiger partial charge in [0.1, 0.15) is 6.04 Å². The molecule has 33 heavy (non-hydrogen) atoms. The van der Waals surface area contributed by atoms with Crippen LogP contribution in [0.25, 0.3) is 0 Å². The summed E-state index contributed by atoms with van der Waals surface area (Å²) < 4.78 is 0. The van der Waals surface area contributed by atoms with E-state index in [1.165, 1.54) is 0 Å². The number of nitrogens with two attached hydrogens (primary N) is 1. The van der Waals surface area contributed by atoms with Crippen molar-refractivity contribution in [1.82, 2.24) is 15.1 Å². The van der Waals surface area contributed by atoms with Gasteiger partial charge in [-0.25, -0.2) is 0 Å². The average Bonchev–Trinajstić information content (AvgIpc) is 3.35. The molecule has 4 amide bonds. The monoisotopic (exact) mass is 453 g/mol. The van der Waals surface area contributed by atoms with Crippen LogP contribution in [0.15, 0.2) is 18.2 Å². The molecule has 1 aliphatic carbocycles. The number of hydrogen-bond donors (Lipinski definition) is 2. The molecule has 9 nitrogen and oxygen atoms in total. The van der Waals surface area contributed by atoms with Gasteiger partial charge in [-0.3, -0.25) is 29.4 Å². The summed E-state index contributed by atoms with van der Waals surface area (Å²) in [6.07, 6.45) is 5.52. The van der Waals surface area contributed by atoms with Crippen molar-refractivity contribution in [2.75, 3.05) is 25.0 Å². The number of anilines is 1. The fourth-order valence-electron chi connectivity index (χ4n) is 5.93. The zero-order valence-electron chi connectivity index (χ0n) is 19.0. The number of rotatable bonds is 4. The number of imide groups is 2. The van der Waals surface area contributed by atoms with Gasteiger partial charge in [-0.1, -0.05) is 6.07 Å². The number of carbonyl (C=O) groups is 4. The molecule has 3 heterocycles. The molecule has 0 bridgehead atoms. The summed E-state index contributed by atoms with van der Waals surface area (Å²) in [5.74, 6) is -1.86. The minimum absolute atomic E-state index is 0.115. The molecule has 0 radical (unpaired) electrons. The topological polar surface area (TPSA) is 116 Å². The van der Waals surface area contributed by atoms with Crippen LogP contribution in [0, 0.1) is 0 Å². The van der Waals surface area contributed by atoms with Crippen molar-refractivity contribution in [3.63, 3.8) is 0 Å². The van der Waals surface area contributed by atoms with Crippen LogP contribution in [0.1, 0.15) is 65.7 Å². The number of piperidine rings is 2. The van der Waals surface area contributed by atoms with Crippen LogP contribution < -0.4 is 16.0 Å². The SMILES string of the molecule is CN(C1CCN(c2cccc3c2C(=O)N(C2CCC(=O)NC2=O)C3=O)CC1)C1CCC(N)C1. The van der Waals surface area contributed by atoms with Crippen LogP contribution in [0.3, 0.4) is 0 Å². The van der Waals surface area contributed by atoms with Crippen LogP contribution in [-0.4, -0.2) is 77.7 Å². The molecule has 3 fully saturated rings. The van der Waals surface area contributed by atoms with E-state index in [4.69, 9.17) is 5.73 Å².